The van der Waals surface area contributed by atoms with E-state index >= 15 is 0 Å². The molecule has 0 aromatic heterocycles. The van der Waals surface area contributed by atoms with Gasteiger partial charge < -0.3 is 32.3 Å². The van der Waals surface area contributed by atoms with Crippen molar-refractivity contribution >= 4 is 29.7 Å². The van der Waals surface area contributed by atoms with Crippen LogP contribution in [0, 0.1) is 0 Å². The maximum Gasteiger partial charge on any atom is 0.326 e. The number of aliphatic carboxylic acids is 2. The molecule has 0 saturated heterocycles. The molecule has 0 heterocycles. The molecule has 0 rings (SSSR count). The van der Waals surface area contributed by atoms with Gasteiger partial charge in [0.2, 0.25) is 17.7 Å². The molecule has 0 aliphatic rings. The minimum Gasteiger partial charge on any atom is -0.481 e. The first-order valence-corrected chi connectivity index (χ1v) is 6.69. The second-order valence-corrected chi connectivity index (χ2v) is 4.72. The van der Waals surface area contributed by atoms with Gasteiger partial charge in [-0.1, -0.05) is 0 Å². The number of nitrogens with two attached hydrogens (primary N) is 2. The van der Waals surface area contributed by atoms with Crippen LogP contribution >= 0.6 is 0 Å². The van der Waals surface area contributed by atoms with Gasteiger partial charge in [-0.2, -0.15) is 0 Å². The van der Waals surface area contributed by atoms with Crippen LogP contribution in [-0.2, 0) is 24.0 Å². The number of nitrogens with one attached hydrogen (secondary N) is 2. The second-order valence-electron chi connectivity index (χ2n) is 4.72. The summed E-state index contributed by atoms with van der Waals surface area (Å²) in [6.07, 6.45) is -0.791. The normalized spacial score (nSPS) is 12.7. The van der Waals surface area contributed by atoms with Crippen LogP contribution in [0.1, 0.15) is 25.7 Å². The largest absolute Gasteiger partial charge is 0.481 e. The van der Waals surface area contributed by atoms with Crippen molar-refractivity contribution in [1.29, 1.82) is 0 Å². The van der Waals surface area contributed by atoms with Crippen LogP contribution in [0.3, 0.4) is 0 Å². The molecule has 23 heavy (non-hydrogen) atoms. The summed E-state index contributed by atoms with van der Waals surface area (Å²) in [7, 11) is 0. The van der Waals surface area contributed by atoms with Gasteiger partial charge in [0.25, 0.3) is 0 Å². The number of carboxylic acids is 2. The van der Waals surface area contributed by atoms with Crippen LogP contribution in [0.5, 0.6) is 0 Å². The summed E-state index contributed by atoms with van der Waals surface area (Å²) in [4.78, 5) is 54.9. The minimum atomic E-state index is -1.39. The molecule has 0 fully saturated rings. The highest BCUT2D eigenvalue weighted by Gasteiger charge is 2.21. The van der Waals surface area contributed by atoms with Crippen molar-refractivity contribution in [1.82, 2.24) is 10.6 Å². The number of carbonyl (C=O) groups excluding carboxylic acids is 3. The Morgan fingerprint density at radius 2 is 1.61 bits per heavy atom. The van der Waals surface area contributed by atoms with Gasteiger partial charge in [0.05, 0.1) is 12.6 Å². The summed E-state index contributed by atoms with van der Waals surface area (Å²) in [6, 6.07) is -2.41. The first kappa shape index (κ1) is 20.3. The van der Waals surface area contributed by atoms with Crippen molar-refractivity contribution in [2.24, 2.45) is 11.5 Å². The average Bonchev–Trinajstić information content (AvgIpc) is 2.45. The average molecular weight is 332 g/mol. The minimum absolute atomic E-state index is 0.0130. The Balaban J connectivity index is 4.25. The Bertz CT molecular complexity index is 480. The topological polar surface area (TPSA) is 202 Å². The number of carbonyl (C=O) groups is 5. The third-order valence-electron chi connectivity index (χ3n) is 2.74. The van der Waals surface area contributed by atoms with Crippen molar-refractivity contribution in [3.05, 3.63) is 0 Å². The molecule has 130 valence electrons. The van der Waals surface area contributed by atoms with E-state index in [4.69, 9.17) is 21.7 Å². The zero-order valence-corrected chi connectivity index (χ0v) is 12.3. The molecule has 0 saturated carbocycles. The number of hydrogen-bond acceptors (Lipinski definition) is 6. The molecule has 0 aromatic carbocycles. The Hall–Kier alpha value is -2.69. The lowest BCUT2D eigenvalue weighted by atomic mass is 10.1. The Kier molecular flexibility index (Phi) is 8.92. The number of rotatable bonds is 11. The molecule has 11 heteroatoms. The molecular formula is C12H20N4O7. The Morgan fingerprint density at radius 3 is 2.09 bits per heavy atom. The predicted octanol–water partition coefficient (Wildman–Crippen LogP) is -2.87. The molecular weight excluding hydrogens is 312 g/mol. The summed E-state index contributed by atoms with van der Waals surface area (Å²) in [6.45, 7) is -0.528. The fraction of sp³-hybridized carbons (Fsp3) is 0.583. The van der Waals surface area contributed by atoms with Gasteiger partial charge >= 0.3 is 11.9 Å². The van der Waals surface area contributed by atoms with Crippen LogP contribution in [0.25, 0.3) is 0 Å². The lowest BCUT2D eigenvalue weighted by molar-refractivity contribution is -0.143. The summed E-state index contributed by atoms with van der Waals surface area (Å²) >= 11 is 0. The van der Waals surface area contributed by atoms with Crippen LogP contribution in [-0.4, -0.2) is 58.5 Å². The predicted molar refractivity (Wildman–Crippen MR) is 75.8 cm³/mol. The van der Waals surface area contributed by atoms with Crippen molar-refractivity contribution in [3.8, 4) is 0 Å². The van der Waals surface area contributed by atoms with Gasteiger partial charge in [-0.3, -0.25) is 19.2 Å². The SMILES string of the molecule is NC(=O)CCC(N)C(=O)NCC(=O)NC(CCC(=O)O)C(=O)O. The molecule has 3 amide bonds. The van der Waals surface area contributed by atoms with Gasteiger partial charge in [-0.05, 0) is 12.8 Å². The van der Waals surface area contributed by atoms with Crippen molar-refractivity contribution in [3.63, 3.8) is 0 Å². The smallest absolute Gasteiger partial charge is 0.326 e. The molecule has 0 aromatic rings. The number of hydrogen-bond donors (Lipinski definition) is 6. The molecule has 0 bridgehead atoms. The van der Waals surface area contributed by atoms with E-state index in [1.54, 1.807) is 0 Å². The van der Waals surface area contributed by atoms with E-state index in [-0.39, 0.29) is 19.3 Å². The summed E-state index contributed by atoms with van der Waals surface area (Å²) in [5.41, 5.74) is 10.4. The highest BCUT2D eigenvalue weighted by Crippen LogP contribution is 1.98. The first-order valence-electron chi connectivity index (χ1n) is 6.69. The lowest BCUT2D eigenvalue weighted by Gasteiger charge is -2.15. The molecule has 8 N–H and O–H groups in total. The fourth-order valence-electron chi connectivity index (χ4n) is 1.50. The third kappa shape index (κ3) is 9.79. The second kappa shape index (κ2) is 10.1. The number of primary amides is 1. The zero-order valence-electron chi connectivity index (χ0n) is 12.3. The summed E-state index contributed by atoms with van der Waals surface area (Å²) < 4.78 is 0. The monoisotopic (exact) mass is 332 g/mol. The van der Waals surface area contributed by atoms with E-state index < -0.39 is 54.7 Å². The standard InChI is InChI=1S/C12H20N4O7/c13-6(1-3-8(14)17)11(21)15-5-9(18)16-7(12(22)23)2-4-10(19)20/h6-7H,1-5,13H2,(H2,14,17)(H,15,21)(H,16,18)(H,19,20)(H,22,23). The van der Waals surface area contributed by atoms with Gasteiger partial charge in [0, 0.05) is 12.8 Å². The quantitative estimate of drug-likeness (QED) is 0.231. The summed E-state index contributed by atoms with van der Waals surface area (Å²) in [5, 5.41) is 21.6. The summed E-state index contributed by atoms with van der Waals surface area (Å²) in [5.74, 6) is -4.70. The van der Waals surface area contributed by atoms with E-state index in [2.05, 4.69) is 10.6 Å². The van der Waals surface area contributed by atoms with Crippen LogP contribution in [0.2, 0.25) is 0 Å². The van der Waals surface area contributed by atoms with E-state index in [0.29, 0.717) is 0 Å². The Labute approximate surface area is 131 Å². The fourth-order valence-corrected chi connectivity index (χ4v) is 1.50. The highest BCUT2D eigenvalue weighted by atomic mass is 16.4. The molecule has 11 nitrogen and oxygen atoms in total. The van der Waals surface area contributed by atoms with Gasteiger partial charge in [-0.25, -0.2) is 4.79 Å². The van der Waals surface area contributed by atoms with Gasteiger partial charge in [-0.15, -0.1) is 0 Å². The maximum atomic E-state index is 11.5. The first-order chi connectivity index (χ1) is 10.6. The van der Waals surface area contributed by atoms with Crippen LogP contribution in [0.4, 0.5) is 0 Å². The van der Waals surface area contributed by atoms with Gasteiger partial charge in [0.15, 0.2) is 0 Å². The third-order valence-corrected chi connectivity index (χ3v) is 2.74. The van der Waals surface area contributed by atoms with Crippen molar-refractivity contribution in [2.45, 2.75) is 37.8 Å². The molecule has 2 unspecified atom stereocenters. The maximum absolute atomic E-state index is 11.5. The van der Waals surface area contributed by atoms with E-state index in [1.807, 2.05) is 0 Å². The van der Waals surface area contributed by atoms with Crippen molar-refractivity contribution < 1.29 is 34.2 Å². The van der Waals surface area contributed by atoms with E-state index in [9.17, 15) is 24.0 Å². The van der Waals surface area contributed by atoms with Crippen molar-refractivity contribution in [2.75, 3.05) is 6.54 Å². The lowest BCUT2D eigenvalue weighted by Crippen LogP contribution is -2.48. The van der Waals surface area contributed by atoms with E-state index in [0.717, 1.165) is 0 Å². The van der Waals surface area contributed by atoms with Crippen LogP contribution in [0.15, 0.2) is 0 Å². The highest BCUT2D eigenvalue weighted by molar-refractivity contribution is 5.89. The zero-order chi connectivity index (χ0) is 18.0. The molecule has 2 atom stereocenters. The van der Waals surface area contributed by atoms with Gasteiger partial charge in [0.1, 0.15) is 6.04 Å². The van der Waals surface area contributed by atoms with Crippen LogP contribution < -0.4 is 22.1 Å². The number of amides is 3. The molecule has 0 spiro atoms. The molecule has 0 aliphatic carbocycles. The Morgan fingerprint density at radius 1 is 1.00 bits per heavy atom. The molecule has 0 radical (unpaired) electrons. The molecule has 0 aliphatic heterocycles. The number of carboxylic acid groups (broad SMARTS) is 2. The van der Waals surface area contributed by atoms with E-state index in [1.165, 1.54) is 0 Å².